The highest BCUT2D eigenvalue weighted by atomic mass is 32.2. The molecule has 0 unspecified atom stereocenters. The van der Waals surface area contributed by atoms with Crippen LogP contribution in [0.5, 0.6) is 0 Å². The second kappa shape index (κ2) is 7.84. The van der Waals surface area contributed by atoms with Gasteiger partial charge in [0.1, 0.15) is 0 Å². The van der Waals surface area contributed by atoms with Crippen molar-refractivity contribution < 1.29 is 9.32 Å². The molecule has 1 aromatic heterocycles. The number of thioether (sulfide) groups is 1. The highest BCUT2D eigenvalue weighted by Gasteiger charge is 2.09. The van der Waals surface area contributed by atoms with E-state index >= 15 is 0 Å². The Morgan fingerprint density at radius 1 is 1.41 bits per heavy atom. The van der Waals surface area contributed by atoms with Crippen LogP contribution < -0.4 is 11.1 Å². The number of anilines is 1. The van der Waals surface area contributed by atoms with Crippen LogP contribution in [-0.4, -0.2) is 21.8 Å². The molecule has 0 spiro atoms. The summed E-state index contributed by atoms with van der Waals surface area (Å²) < 4.78 is 5.22. The van der Waals surface area contributed by atoms with Crippen LogP contribution in [0.1, 0.15) is 25.6 Å². The lowest BCUT2D eigenvalue weighted by atomic mass is 10.1. The zero-order chi connectivity index (χ0) is 15.9. The number of carbonyl (C=O) groups is 1. The van der Waals surface area contributed by atoms with E-state index < -0.39 is 0 Å². The second-order valence-corrected chi connectivity index (χ2v) is 6.32. The molecule has 0 aliphatic rings. The van der Waals surface area contributed by atoms with E-state index in [9.17, 15) is 4.79 Å². The fourth-order valence-corrected chi connectivity index (χ4v) is 2.64. The van der Waals surface area contributed by atoms with Crippen LogP contribution in [0.15, 0.2) is 33.7 Å². The van der Waals surface area contributed by atoms with Crippen molar-refractivity contribution >= 4 is 23.4 Å². The van der Waals surface area contributed by atoms with Crippen LogP contribution in [0.4, 0.5) is 5.69 Å². The normalized spacial score (nSPS) is 10.9. The number of nitrogens with two attached hydrogens (primary N) is 1. The number of hydrogen-bond donors (Lipinski definition) is 2. The Kier molecular flexibility index (Phi) is 5.83. The van der Waals surface area contributed by atoms with E-state index in [1.54, 1.807) is 0 Å². The summed E-state index contributed by atoms with van der Waals surface area (Å²) in [6.45, 7) is 4.67. The maximum absolute atomic E-state index is 10.9. The highest BCUT2D eigenvalue weighted by molar-refractivity contribution is 8.00. The van der Waals surface area contributed by atoms with Crippen molar-refractivity contribution in [2.45, 2.75) is 31.7 Å². The van der Waals surface area contributed by atoms with Gasteiger partial charge in [0.15, 0.2) is 5.82 Å². The van der Waals surface area contributed by atoms with Crippen molar-refractivity contribution in [1.29, 1.82) is 0 Å². The van der Waals surface area contributed by atoms with E-state index in [4.69, 9.17) is 10.3 Å². The molecule has 0 aliphatic carbocycles. The Balaban J connectivity index is 1.96. The minimum atomic E-state index is -0.338. The topological polar surface area (TPSA) is 94.0 Å². The minimum absolute atomic E-state index is 0.248. The van der Waals surface area contributed by atoms with Gasteiger partial charge in [0, 0.05) is 17.0 Å². The lowest BCUT2D eigenvalue weighted by molar-refractivity contribution is -0.115. The van der Waals surface area contributed by atoms with Gasteiger partial charge in [-0.25, -0.2) is 0 Å². The summed E-state index contributed by atoms with van der Waals surface area (Å²) in [5, 5.41) is 7.21. The largest absolute Gasteiger partial charge is 0.375 e. The Bertz CT molecular complexity index is 628. The second-order valence-electron chi connectivity index (χ2n) is 5.31. The standard InChI is InChI=1S/C15H20N4O2S/c1-10(2)7-14-18-15(21-19-14)8-17-11-5-3-4-6-12(11)22-9-13(16)20/h3-6,10,17H,7-9H2,1-2H3,(H2,16,20). The number of nitrogens with zero attached hydrogens (tertiary/aromatic N) is 2. The van der Waals surface area contributed by atoms with Gasteiger partial charge in [0.2, 0.25) is 11.8 Å². The molecule has 1 amide bonds. The molecule has 6 nitrogen and oxygen atoms in total. The number of amides is 1. The minimum Gasteiger partial charge on any atom is -0.375 e. The van der Waals surface area contributed by atoms with Crippen LogP contribution in [0.2, 0.25) is 0 Å². The molecular formula is C15H20N4O2S. The smallest absolute Gasteiger partial charge is 0.245 e. The van der Waals surface area contributed by atoms with E-state index in [1.807, 2.05) is 24.3 Å². The first-order chi connectivity index (χ1) is 10.5. The van der Waals surface area contributed by atoms with Gasteiger partial charge in [-0.2, -0.15) is 4.98 Å². The van der Waals surface area contributed by atoms with E-state index in [1.165, 1.54) is 11.8 Å². The third-order valence-corrected chi connectivity index (χ3v) is 3.88. The van der Waals surface area contributed by atoms with Crippen molar-refractivity contribution in [1.82, 2.24) is 10.1 Å². The molecule has 1 aromatic carbocycles. The molecule has 0 radical (unpaired) electrons. The van der Waals surface area contributed by atoms with Crippen LogP contribution >= 0.6 is 11.8 Å². The van der Waals surface area contributed by atoms with E-state index in [2.05, 4.69) is 29.3 Å². The van der Waals surface area contributed by atoms with Crippen LogP contribution in [0.25, 0.3) is 0 Å². The summed E-state index contributed by atoms with van der Waals surface area (Å²) >= 11 is 1.40. The first-order valence-corrected chi connectivity index (χ1v) is 8.08. The molecular weight excluding hydrogens is 300 g/mol. The third-order valence-electron chi connectivity index (χ3n) is 2.79. The van der Waals surface area contributed by atoms with E-state index in [-0.39, 0.29) is 11.7 Å². The van der Waals surface area contributed by atoms with Crippen LogP contribution in [0, 0.1) is 5.92 Å². The Morgan fingerprint density at radius 3 is 2.91 bits per heavy atom. The summed E-state index contributed by atoms with van der Waals surface area (Å²) in [4.78, 5) is 16.2. The predicted molar refractivity (Wildman–Crippen MR) is 86.5 cm³/mol. The molecule has 0 saturated heterocycles. The zero-order valence-corrected chi connectivity index (χ0v) is 13.5. The van der Waals surface area contributed by atoms with Gasteiger partial charge < -0.3 is 15.6 Å². The molecule has 2 rings (SSSR count). The molecule has 2 aromatic rings. The predicted octanol–water partition coefficient (Wildman–Crippen LogP) is 2.46. The average molecular weight is 320 g/mol. The molecule has 7 heteroatoms. The van der Waals surface area contributed by atoms with Crippen molar-refractivity contribution in [3.8, 4) is 0 Å². The number of para-hydroxylation sites is 1. The van der Waals surface area contributed by atoms with Crippen molar-refractivity contribution in [2.75, 3.05) is 11.1 Å². The molecule has 1 heterocycles. The van der Waals surface area contributed by atoms with Gasteiger partial charge in [-0.05, 0) is 18.1 Å². The monoisotopic (exact) mass is 320 g/mol. The summed E-state index contributed by atoms with van der Waals surface area (Å²) in [7, 11) is 0. The lowest BCUT2D eigenvalue weighted by Gasteiger charge is -2.09. The average Bonchev–Trinajstić information content (AvgIpc) is 2.90. The van der Waals surface area contributed by atoms with Gasteiger partial charge in [0.25, 0.3) is 0 Å². The fourth-order valence-electron chi connectivity index (χ4n) is 1.87. The maximum atomic E-state index is 10.9. The van der Waals surface area contributed by atoms with Gasteiger partial charge in [-0.15, -0.1) is 11.8 Å². The number of nitrogens with one attached hydrogen (secondary N) is 1. The van der Waals surface area contributed by atoms with Crippen molar-refractivity contribution in [3.63, 3.8) is 0 Å². The van der Waals surface area contributed by atoms with E-state index in [0.29, 0.717) is 18.4 Å². The Morgan fingerprint density at radius 2 is 2.18 bits per heavy atom. The number of aromatic nitrogens is 2. The SMILES string of the molecule is CC(C)Cc1noc(CNc2ccccc2SCC(N)=O)n1. The quantitative estimate of drug-likeness (QED) is 0.726. The van der Waals surface area contributed by atoms with Gasteiger partial charge in [-0.1, -0.05) is 31.1 Å². The molecule has 118 valence electrons. The first-order valence-electron chi connectivity index (χ1n) is 7.10. The number of rotatable bonds is 8. The number of primary amides is 1. The number of benzene rings is 1. The summed E-state index contributed by atoms with van der Waals surface area (Å²) in [5.41, 5.74) is 6.10. The third kappa shape index (κ3) is 5.07. The first kappa shape index (κ1) is 16.4. The fraction of sp³-hybridized carbons (Fsp3) is 0.400. The maximum Gasteiger partial charge on any atom is 0.245 e. The summed E-state index contributed by atoms with van der Waals surface area (Å²) in [6, 6.07) is 7.72. The zero-order valence-electron chi connectivity index (χ0n) is 12.7. The number of hydrogen-bond acceptors (Lipinski definition) is 6. The molecule has 3 N–H and O–H groups in total. The molecule has 22 heavy (non-hydrogen) atoms. The Hall–Kier alpha value is -2.02. The molecule has 0 saturated carbocycles. The summed E-state index contributed by atoms with van der Waals surface area (Å²) in [5.74, 6) is 1.67. The summed E-state index contributed by atoms with van der Waals surface area (Å²) in [6.07, 6.45) is 0.800. The lowest BCUT2D eigenvalue weighted by Crippen LogP contribution is -2.13. The molecule has 0 atom stereocenters. The van der Waals surface area contributed by atoms with Crippen molar-refractivity contribution in [2.24, 2.45) is 11.7 Å². The molecule has 0 fully saturated rings. The van der Waals surface area contributed by atoms with Gasteiger partial charge in [-0.3, -0.25) is 4.79 Å². The highest BCUT2D eigenvalue weighted by Crippen LogP contribution is 2.27. The van der Waals surface area contributed by atoms with Crippen LogP contribution in [0.3, 0.4) is 0 Å². The number of carbonyl (C=O) groups excluding carboxylic acids is 1. The van der Waals surface area contributed by atoms with Gasteiger partial charge >= 0.3 is 0 Å². The van der Waals surface area contributed by atoms with Crippen molar-refractivity contribution in [3.05, 3.63) is 36.0 Å². The molecule has 0 aliphatic heterocycles. The Labute approximate surface area is 133 Å². The van der Waals surface area contributed by atoms with E-state index in [0.717, 1.165) is 22.8 Å². The van der Waals surface area contributed by atoms with Crippen LogP contribution in [-0.2, 0) is 17.8 Å². The van der Waals surface area contributed by atoms with Gasteiger partial charge in [0.05, 0.1) is 12.3 Å². The molecule has 0 bridgehead atoms.